The van der Waals surface area contributed by atoms with Crippen LogP contribution in [0.15, 0.2) is 12.1 Å². The number of fused-ring (bicyclic) bond motifs is 1. The second-order valence-corrected chi connectivity index (χ2v) is 4.77. The molecule has 19 heavy (non-hydrogen) atoms. The van der Waals surface area contributed by atoms with Crippen molar-refractivity contribution in [2.75, 3.05) is 0 Å². The van der Waals surface area contributed by atoms with E-state index < -0.39 is 24.2 Å². The maximum atomic E-state index is 12.8. The molecule has 1 aliphatic rings. The SMILES string of the molecule is Cc1cc2c(cc1C)OC(C(F)(F)F)C(C(=O)O)C2. The molecule has 104 valence electrons. The van der Waals surface area contributed by atoms with E-state index in [2.05, 4.69) is 0 Å². The number of hydrogen-bond acceptors (Lipinski definition) is 2. The summed E-state index contributed by atoms with van der Waals surface area (Å²) in [5.41, 5.74) is 2.22. The number of hydrogen-bond donors (Lipinski definition) is 1. The van der Waals surface area contributed by atoms with Gasteiger partial charge in [-0.15, -0.1) is 0 Å². The van der Waals surface area contributed by atoms with Crippen LogP contribution >= 0.6 is 0 Å². The summed E-state index contributed by atoms with van der Waals surface area (Å²) < 4.78 is 43.4. The van der Waals surface area contributed by atoms with Crippen LogP contribution in [-0.2, 0) is 11.2 Å². The largest absolute Gasteiger partial charge is 0.481 e. The molecule has 3 nitrogen and oxygen atoms in total. The summed E-state index contributed by atoms with van der Waals surface area (Å²) in [6, 6.07) is 3.22. The van der Waals surface area contributed by atoms with Gasteiger partial charge >= 0.3 is 12.1 Å². The highest BCUT2D eigenvalue weighted by molar-refractivity contribution is 5.72. The first kappa shape index (κ1) is 13.7. The van der Waals surface area contributed by atoms with E-state index in [0.717, 1.165) is 11.1 Å². The van der Waals surface area contributed by atoms with Crippen molar-refractivity contribution in [3.05, 3.63) is 28.8 Å². The first-order valence-electron chi connectivity index (χ1n) is 5.76. The lowest BCUT2D eigenvalue weighted by molar-refractivity contribution is -0.217. The van der Waals surface area contributed by atoms with Crippen LogP contribution in [0.5, 0.6) is 5.75 Å². The highest BCUT2D eigenvalue weighted by Crippen LogP contribution is 2.39. The number of carboxylic acid groups (broad SMARTS) is 1. The minimum Gasteiger partial charge on any atom is -0.481 e. The predicted octanol–water partition coefficient (Wildman–Crippen LogP) is 2.87. The molecule has 0 amide bonds. The fourth-order valence-corrected chi connectivity index (χ4v) is 2.19. The maximum Gasteiger partial charge on any atom is 0.426 e. The number of alkyl halides is 3. The molecule has 1 aromatic rings. The van der Waals surface area contributed by atoms with Gasteiger partial charge < -0.3 is 9.84 Å². The fourth-order valence-electron chi connectivity index (χ4n) is 2.19. The Labute approximate surface area is 108 Å². The maximum absolute atomic E-state index is 12.8. The minimum atomic E-state index is -4.69. The third-order valence-electron chi connectivity index (χ3n) is 3.38. The molecule has 2 rings (SSSR count). The molecule has 0 bridgehead atoms. The van der Waals surface area contributed by atoms with Gasteiger partial charge in [-0.25, -0.2) is 0 Å². The first-order valence-corrected chi connectivity index (χ1v) is 5.76. The van der Waals surface area contributed by atoms with Gasteiger partial charge in [0.2, 0.25) is 6.10 Å². The molecule has 6 heteroatoms. The quantitative estimate of drug-likeness (QED) is 0.856. The molecule has 0 aromatic heterocycles. The van der Waals surface area contributed by atoms with Gasteiger partial charge in [0.1, 0.15) is 11.7 Å². The van der Waals surface area contributed by atoms with Crippen molar-refractivity contribution in [1.82, 2.24) is 0 Å². The molecular formula is C13H13F3O3. The molecular weight excluding hydrogens is 261 g/mol. The van der Waals surface area contributed by atoms with E-state index in [1.54, 1.807) is 13.0 Å². The van der Waals surface area contributed by atoms with E-state index in [9.17, 15) is 18.0 Å². The van der Waals surface area contributed by atoms with Crippen molar-refractivity contribution >= 4 is 5.97 Å². The van der Waals surface area contributed by atoms with Crippen LogP contribution in [0.2, 0.25) is 0 Å². The summed E-state index contributed by atoms with van der Waals surface area (Å²) in [4.78, 5) is 11.0. The van der Waals surface area contributed by atoms with E-state index in [4.69, 9.17) is 9.84 Å². The summed E-state index contributed by atoms with van der Waals surface area (Å²) in [5, 5.41) is 8.94. The minimum absolute atomic E-state index is 0.128. The van der Waals surface area contributed by atoms with E-state index in [1.165, 1.54) is 6.07 Å². The Bertz CT molecular complexity index is 523. The van der Waals surface area contributed by atoms with Crippen LogP contribution in [0, 0.1) is 19.8 Å². The summed E-state index contributed by atoms with van der Waals surface area (Å²) in [6.45, 7) is 3.59. The zero-order chi connectivity index (χ0) is 14.4. The topological polar surface area (TPSA) is 46.5 Å². The summed E-state index contributed by atoms with van der Waals surface area (Å²) in [7, 11) is 0. The van der Waals surface area contributed by atoms with Crippen LogP contribution in [0.1, 0.15) is 16.7 Å². The van der Waals surface area contributed by atoms with Gasteiger partial charge in [-0.3, -0.25) is 4.79 Å². The lowest BCUT2D eigenvalue weighted by Gasteiger charge is -2.32. The molecule has 1 aliphatic heterocycles. The molecule has 1 heterocycles. The Balaban J connectivity index is 2.45. The third-order valence-corrected chi connectivity index (χ3v) is 3.38. The zero-order valence-corrected chi connectivity index (χ0v) is 10.4. The summed E-state index contributed by atoms with van der Waals surface area (Å²) >= 11 is 0. The van der Waals surface area contributed by atoms with Crippen LogP contribution in [0.25, 0.3) is 0 Å². The van der Waals surface area contributed by atoms with Crippen LogP contribution in [-0.4, -0.2) is 23.4 Å². The summed E-state index contributed by atoms with van der Waals surface area (Å²) in [5.74, 6) is -2.97. The number of aryl methyl sites for hydroxylation is 2. The van der Waals surface area contributed by atoms with Crippen molar-refractivity contribution in [2.45, 2.75) is 32.5 Å². The molecule has 0 radical (unpaired) electrons. The zero-order valence-electron chi connectivity index (χ0n) is 10.4. The number of ether oxygens (including phenoxy) is 1. The number of carboxylic acids is 1. The third kappa shape index (κ3) is 2.52. The number of benzene rings is 1. The van der Waals surface area contributed by atoms with Gasteiger partial charge in [0, 0.05) is 0 Å². The molecule has 0 saturated carbocycles. The molecule has 2 atom stereocenters. The van der Waals surface area contributed by atoms with Crippen molar-refractivity contribution in [3.8, 4) is 5.75 Å². The highest BCUT2D eigenvalue weighted by atomic mass is 19.4. The second-order valence-electron chi connectivity index (χ2n) is 4.77. The monoisotopic (exact) mass is 274 g/mol. The Morgan fingerprint density at radius 2 is 1.89 bits per heavy atom. The number of aliphatic carboxylic acids is 1. The van der Waals surface area contributed by atoms with Crippen LogP contribution in [0.3, 0.4) is 0 Å². The Morgan fingerprint density at radius 3 is 2.42 bits per heavy atom. The Morgan fingerprint density at radius 1 is 1.32 bits per heavy atom. The Kier molecular flexibility index (Phi) is 3.20. The van der Waals surface area contributed by atoms with Gasteiger partial charge in [0.05, 0.1) is 0 Å². The molecule has 0 aliphatic carbocycles. The van der Waals surface area contributed by atoms with E-state index in [0.29, 0.717) is 5.56 Å². The van der Waals surface area contributed by atoms with E-state index >= 15 is 0 Å². The van der Waals surface area contributed by atoms with Crippen molar-refractivity contribution in [2.24, 2.45) is 5.92 Å². The van der Waals surface area contributed by atoms with Crippen molar-refractivity contribution in [3.63, 3.8) is 0 Å². The molecule has 0 saturated heterocycles. The lowest BCUT2D eigenvalue weighted by atomic mass is 9.88. The molecule has 1 aromatic carbocycles. The average Bonchev–Trinajstić information content (AvgIpc) is 2.27. The van der Waals surface area contributed by atoms with Gasteiger partial charge in [-0.05, 0) is 43.0 Å². The fraction of sp³-hybridized carbons (Fsp3) is 0.462. The number of rotatable bonds is 1. The predicted molar refractivity (Wildman–Crippen MR) is 61.2 cm³/mol. The van der Waals surface area contributed by atoms with E-state index in [-0.39, 0.29) is 12.2 Å². The average molecular weight is 274 g/mol. The standard InChI is InChI=1S/C13H13F3O3/c1-6-3-8-5-9(12(17)18)11(13(14,15)16)19-10(8)4-7(6)2/h3-4,9,11H,5H2,1-2H3,(H,17,18). The molecule has 2 unspecified atom stereocenters. The molecule has 1 N–H and O–H groups in total. The number of halogens is 3. The normalized spacial score (nSPS) is 22.6. The van der Waals surface area contributed by atoms with Crippen LogP contribution in [0.4, 0.5) is 13.2 Å². The highest BCUT2D eigenvalue weighted by Gasteiger charge is 2.52. The van der Waals surface area contributed by atoms with Crippen LogP contribution < -0.4 is 4.74 Å². The molecule has 0 spiro atoms. The van der Waals surface area contributed by atoms with Crippen molar-refractivity contribution in [1.29, 1.82) is 0 Å². The first-order chi connectivity index (χ1) is 8.70. The van der Waals surface area contributed by atoms with Gasteiger partial charge in [-0.2, -0.15) is 13.2 Å². The smallest absolute Gasteiger partial charge is 0.426 e. The van der Waals surface area contributed by atoms with Gasteiger partial charge in [0.15, 0.2) is 0 Å². The Hall–Kier alpha value is -1.72. The van der Waals surface area contributed by atoms with Crippen molar-refractivity contribution < 1.29 is 27.8 Å². The van der Waals surface area contributed by atoms with E-state index in [1.807, 2.05) is 6.92 Å². The molecule has 0 fully saturated rings. The van der Waals surface area contributed by atoms with Gasteiger partial charge in [0.25, 0.3) is 0 Å². The second kappa shape index (κ2) is 4.43. The number of carbonyl (C=O) groups is 1. The van der Waals surface area contributed by atoms with Gasteiger partial charge in [-0.1, -0.05) is 6.07 Å². The lowest BCUT2D eigenvalue weighted by Crippen LogP contribution is -2.47. The summed E-state index contributed by atoms with van der Waals surface area (Å²) in [6.07, 6.45) is -7.16.